The molecule has 0 bridgehead atoms. The van der Waals surface area contributed by atoms with Crippen LogP contribution in [0, 0.1) is 0 Å². The van der Waals surface area contributed by atoms with Crippen molar-refractivity contribution in [2.45, 2.75) is 24.5 Å². The molecule has 5 rings (SSSR count). The van der Waals surface area contributed by atoms with Crippen LogP contribution in [0.5, 0.6) is 0 Å². The number of urea groups is 1. The van der Waals surface area contributed by atoms with E-state index in [0.717, 1.165) is 67.1 Å². The summed E-state index contributed by atoms with van der Waals surface area (Å²) in [6.45, 7) is 5.05. The molecule has 0 spiro atoms. The number of aromatic nitrogens is 2. The molecule has 0 saturated carbocycles. The van der Waals surface area contributed by atoms with Crippen molar-refractivity contribution in [3.8, 4) is 0 Å². The predicted molar refractivity (Wildman–Crippen MR) is 146 cm³/mol. The lowest BCUT2D eigenvalue weighted by Gasteiger charge is -2.39. The van der Waals surface area contributed by atoms with Crippen molar-refractivity contribution < 1.29 is 14.0 Å². The monoisotopic (exact) mass is 540 g/mol. The number of amides is 3. The minimum atomic E-state index is -0.126. The zero-order chi connectivity index (χ0) is 25.5. The summed E-state index contributed by atoms with van der Waals surface area (Å²) in [4.78, 5) is 40.8. The van der Waals surface area contributed by atoms with E-state index in [9.17, 15) is 9.59 Å². The van der Waals surface area contributed by atoms with E-state index in [4.69, 9.17) is 4.42 Å². The van der Waals surface area contributed by atoms with Crippen LogP contribution in [-0.4, -0.2) is 83.3 Å². The van der Waals surface area contributed by atoms with Crippen molar-refractivity contribution in [1.29, 1.82) is 0 Å². The van der Waals surface area contributed by atoms with Gasteiger partial charge in [0.25, 0.3) is 5.91 Å². The normalized spacial score (nSPS) is 16.7. The van der Waals surface area contributed by atoms with Gasteiger partial charge in [0, 0.05) is 69.1 Å². The summed E-state index contributed by atoms with van der Waals surface area (Å²) < 4.78 is 5.32. The molecular weight excluding hydrogens is 508 g/mol. The third-order valence-electron chi connectivity index (χ3n) is 6.75. The molecule has 2 aliphatic rings. The van der Waals surface area contributed by atoms with E-state index < -0.39 is 0 Å². The largest absolute Gasteiger partial charge is 0.468 e. The Bertz CT molecular complexity index is 1140. The van der Waals surface area contributed by atoms with E-state index in [2.05, 4.69) is 20.2 Å². The number of likely N-dealkylation sites (tertiary alicyclic amines) is 1. The highest BCUT2D eigenvalue weighted by molar-refractivity contribution is 7.98. The van der Waals surface area contributed by atoms with Crippen LogP contribution < -0.4 is 10.2 Å². The minimum Gasteiger partial charge on any atom is -0.468 e. The Morgan fingerprint density at radius 3 is 2.59 bits per heavy atom. The van der Waals surface area contributed by atoms with Gasteiger partial charge in [0.1, 0.15) is 17.3 Å². The van der Waals surface area contributed by atoms with Gasteiger partial charge in [0.15, 0.2) is 0 Å². The van der Waals surface area contributed by atoms with E-state index in [1.165, 1.54) is 0 Å². The number of nitrogens with one attached hydrogen (secondary N) is 1. The summed E-state index contributed by atoms with van der Waals surface area (Å²) in [5.41, 5.74) is 0.486. The molecule has 5 heterocycles. The van der Waals surface area contributed by atoms with Crippen LogP contribution in [0.15, 0.2) is 52.6 Å². The number of rotatable bonds is 8. The molecule has 0 aromatic carbocycles. The SMILES string of the molecule is O=C(NCCSCc1ccco1)c1csc(C2CCN(C(=O)N3CCN(c4ccccn4)CC3)CC2)n1. The summed E-state index contributed by atoms with van der Waals surface area (Å²) in [5, 5.41) is 5.80. The highest BCUT2D eigenvalue weighted by Gasteiger charge is 2.30. The van der Waals surface area contributed by atoms with Crippen molar-refractivity contribution in [2.75, 3.05) is 56.5 Å². The van der Waals surface area contributed by atoms with Crippen LogP contribution in [0.4, 0.5) is 10.6 Å². The van der Waals surface area contributed by atoms with Crippen LogP contribution in [0.25, 0.3) is 0 Å². The number of piperazine rings is 1. The van der Waals surface area contributed by atoms with Gasteiger partial charge in [0.05, 0.1) is 17.0 Å². The van der Waals surface area contributed by atoms with Gasteiger partial charge < -0.3 is 24.4 Å². The standard InChI is InChI=1S/C26H32N6O3S2/c33-24(28-9-17-36-18-21-4-3-16-35-21)22-19-37-25(29-22)20-6-10-31(11-7-20)26(34)32-14-12-30(13-15-32)23-5-1-2-8-27-23/h1-5,8,16,19-20H,6-7,9-15,17-18H2,(H,28,33). The number of hydrogen-bond donors (Lipinski definition) is 1. The number of anilines is 1. The Morgan fingerprint density at radius 1 is 1.05 bits per heavy atom. The van der Waals surface area contributed by atoms with E-state index >= 15 is 0 Å². The lowest BCUT2D eigenvalue weighted by molar-refractivity contribution is 0.0951. The maximum absolute atomic E-state index is 13.1. The third-order valence-corrected chi connectivity index (χ3v) is 8.74. The Kier molecular flexibility index (Phi) is 8.62. The van der Waals surface area contributed by atoms with Crippen LogP contribution in [-0.2, 0) is 5.75 Å². The van der Waals surface area contributed by atoms with Gasteiger partial charge in [-0.1, -0.05) is 6.07 Å². The number of thiazole rings is 1. The van der Waals surface area contributed by atoms with Gasteiger partial charge in [-0.05, 0) is 37.1 Å². The Labute approximate surface area is 225 Å². The molecule has 196 valence electrons. The first-order valence-corrected chi connectivity index (χ1v) is 14.7. The number of piperidine rings is 1. The highest BCUT2D eigenvalue weighted by Crippen LogP contribution is 2.31. The fourth-order valence-corrected chi connectivity index (χ4v) is 6.39. The second-order valence-electron chi connectivity index (χ2n) is 9.16. The smallest absolute Gasteiger partial charge is 0.320 e. The molecule has 3 aromatic heterocycles. The molecule has 0 radical (unpaired) electrons. The molecule has 1 N–H and O–H groups in total. The summed E-state index contributed by atoms with van der Waals surface area (Å²) in [6, 6.07) is 9.88. The maximum atomic E-state index is 13.1. The third kappa shape index (κ3) is 6.64. The van der Waals surface area contributed by atoms with Crippen molar-refractivity contribution >= 4 is 40.9 Å². The van der Waals surface area contributed by atoms with Gasteiger partial charge in [-0.2, -0.15) is 11.8 Å². The zero-order valence-corrected chi connectivity index (χ0v) is 22.4. The Hall–Kier alpha value is -3.05. The first kappa shape index (κ1) is 25.6. The predicted octanol–water partition coefficient (Wildman–Crippen LogP) is 3.92. The molecule has 2 aliphatic heterocycles. The first-order chi connectivity index (χ1) is 18.2. The Morgan fingerprint density at radius 2 is 1.86 bits per heavy atom. The van der Waals surface area contributed by atoms with Gasteiger partial charge in [-0.25, -0.2) is 14.8 Å². The van der Waals surface area contributed by atoms with Gasteiger partial charge >= 0.3 is 6.03 Å². The quantitative estimate of drug-likeness (QED) is 0.433. The molecule has 2 fully saturated rings. The number of furan rings is 1. The average molecular weight is 541 g/mol. The van der Waals surface area contributed by atoms with E-state index in [1.807, 2.05) is 45.5 Å². The van der Waals surface area contributed by atoms with Crippen LogP contribution >= 0.6 is 23.1 Å². The average Bonchev–Trinajstić information content (AvgIpc) is 3.66. The summed E-state index contributed by atoms with van der Waals surface area (Å²) in [7, 11) is 0. The number of pyridine rings is 1. The molecule has 9 nitrogen and oxygen atoms in total. The highest BCUT2D eigenvalue weighted by atomic mass is 32.2. The van der Waals surface area contributed by atoms with E-state index in [1.54, 1.807) is 35.6 Å². The number of thioether (sulfide) groups is 1. The molecule has 0 aliphatic carbocycles. The molecule has 3 aromatic rings. The van der Waals surface area contributed by atoms with Crippen molar-refractivity contribution in [1.82, 2.24) is 25.1 Å². The number of hydrogen-bond acceptors (Lipinski definition) is 8. The number of carbonyl (C=O) groups excluding carboxylic acids is 2. The summed E-state index contributed by atoms with van der Waals surface area (Å²) >= 11 is 3.27. The number of nitrogens with zero attached hydrogens (tertiary/aromatic N) is 5. The van der Waals surface area contributed by atoms with Gasteiger partial charge in [-0.15, -0.1) is 11.3 Å². The van der Waals surface area contributed by atoms with Crippen molar-refractivity contribution in [3.05, 3.63) is 64.6 Å². The zero-order valence-electron chi connectivity index (χ0n) is 20.8. The molecule has 3 amide bonds. The van der Waals surface area contributed by atoms with Gasteiger partial charge in [-0.3, -0.25) is 4.79 Å². The number of carbonyl (C=O) groups is 2. The molecule has 0 atom stereocenters. The fraction of sp³-hybridized carbons (Fsp3) is 0.462. The lowest BCUT2D eigenvalue weighted by Crippen LogP contribution is -2.54. The lowest BCUT2D eigenvalue weighted by atomic mass is 9.98. The topological polar surface area (TPSA) is 94.8 Å². The van der Waals surface area contributed by atoms with Crippen LogP contribution in [0.3, 0.4) is 0 Å². The molecular formula is C26H32N6O3S2. The van der Waals surface area contributed by atoms with E-state index in [-0.39, 0.29) is 11.9 Å². The minimum absolute atomic E-state index is 0.126. The second kappa shape index (κ2) is 12.5. The second-order valence-corrected chi connectivity index (χ2v) is 11.2. The molecule has 37 heavy (non-hydrogen) atoms. The maximum Gasteiger partial charge on any atom is 0.320 e. The van der Waals surface area contributed by atoms with Crippen LogP contribution in [0.1, 0.15) is 40.0 Å². The Balaban J connectivity index is 1.02. The summed E-state index contributed by atoms with van der Waals surface area (Å²) in [6.07, 6.45) is 5.22. The first-order valence-electron chi connectivity index (χ1n) is 12.7. The van der Waals surface area contributed by atoms with E-state index in [0.29, 0.717) is 31.2 Å². The fourth-order valence-electron chi connectivity index (χ4n) is 4.66. The molecule has 11 heteroatoms. The van der Waals surface area contributed by atoms with Crippen molar-refractivity contribution in [3.63, 3.8) is 0 Å². The van der Waals surface area contributed by atoms with Crippen LogP contribution in [0.2, 0.25) is 0 Å². The summed E-state index contributed by atoms with van der Waals surface area (Å²) in [5.74, 6) is 3.69. The van der Waals surface area contributed by atoms with Gasteiger partial charge in [0.2, 0.25) is 0 Å². The van der Waals surface area contributed by atoms with Crippen molar-refractivity contribution in [2.24, 2.45) is 0 Å². The molecule has 0 unspecified atom stereocenters. The molecule has 2 saturated heterocycles.